The smallest absolute Gasteiger partial charge is 0.306 e. The number of likely N-dealkylation sites (N-methyl/N-ethyl adjacent to an activating group) is 1. The number of carbonyl (C=O) groups excluding carboxylic acids is 2. The van der Waals surface area contributed by atoms with Crippen LogP contribution < -0.4 is 0 Å². The fourth-order valence-corrected chi connectivity index (χ4v) is 2.31. The molecule has 1 heterocycles. The Balaban J connectivity index is 2.43. The molecule has 0 spiro atoms. The third kappa shape index (κ3) is 5.66. The maximum Gasteiger partial charge on any atom is 0.306 e. The molecule has 6 nitrogen and oxygen atoms in total. The zero-order chi connectivity index (χ0) is 15.1. The molecule has 0 aromatic carbocycles. The van der Waals surface area contributed by atoms with E-state index in [4.69, 9.17) is 0 Å². The Morgan fingerprint density at radius 3 is 2.65 bits per heavy atom. The molecule has 1 rings (SSSR count). The van der Waals surface area contributed by atoms with E-state index in [1.165, 1.54) is 18.4 Å². The van der Waals surface area contributed by atoms with E-state index in [2.05, 4.69) is 9.72 Å². The quantitative estimate of drug-likeness (QED) is 0.696. The van der Waals surface area contributed by atoms with Gasteiger partial charge < -0.3 is 9.64 Å². The zero-order valence-electron chi connectivity index (χ0n) is 12.4. The summed E-state index contributed by atoms with van der Waals surface area (Å²) in [6.07, 6.45) is 0.701. The first kappa shape index (κ1) is 16.6. The lowest BCUT2D eigenvalue weighted by molar-refractivity contribution is -0.141. The number of thiazole rings is 1. The number of nitrogens with zero attached hydrogens (tertiary/aromatic N) is 3. The molecule has 1 aromatic rings. The zero-order valence-corrected chi connectivity index (χ0v) is 13.2. The number of amides is 1. The van der Waals surface area contributed by atoms with E-state index in [0.717, 1.165) is 10.7 Å². The third-order valence-electron chi connectivity index (χ3n) is 2.76. The SMILES string of the molecule is COC(=O)CCN(C)Cc1csc(CC(=O)N(C)C)n1. The number of hydrogen-bond acceptors (Lipinski definition) is 6. The normalized spacial score (nSPS) is 10.7. The van der Waals surface area contributed by atoms with E-state index in [1.807, 2.05) is 17.3 Å². The molecule has 0 unspecified atom stereocenters. The van der Waals surface area contributed by atoms with Crippen LogP contribution in [0.15, 0.2) is 5.38 Å². The predicted octanol–water partition coefficient (Wildman–Crippen LogP) is 0.769. The highest BCUT2D eigenvalue weighted by molar-refractivity contribution is 7.09. The molecule has 0 radical (unpaired) electrons. The van der Waals surface area contributed by atoms with Crippen molar-refractivity contribution in [1.29, 1.82) is 0 Å². The van der Waals surface area contributed by atoms with Gasteiger partial charge in [-0.3, -0.25) is 14.5 Å². The Labute approximate surface area is 123 Å². The van der Waals surface area contributed by atoms with Crippen LogP contribution in [-0.4, -0.2) is 61.5 Å². The average Bonchev–Trinajstić information content (AvgIpc) is 2.82. The molecule has 0 aliphatic carbocycles. The van der Waals surface area contributed by atoms with Crippen molar-refractivity contribution in [2.45, 2.75) is 19.4 Å². The molecular weight excluding hydrogens is 278 g/mol. The summed E-state index contributed by atoms with van der Waals surface area (Å²) in [4.78, 5) is 30.6. The van der Waals surface area contributed by atoms with Gasteiger partial charge in [-0.2, -0.15) is 0 Å². The minimum absolute atomic E-state index is 0.0462. The first-order valence-electron chi connectivity index (χ1n) is 6.31. The summed E-state index contributed by atoms with van der Waals surface area (Å²) in [5, 5.41) is 2.77. The molecule has 1 amide bonds. The van der Waals surface area contributed by atoms with Crippen LogP contribution in [0.1, 0.15) is 17.1 Å². The Bertz CT molecular complexity index is 459. The summed E-state index contributed by atoms with van der Waals surface area (Å²) < 4.78 is 4.60. The molecule has 0 aliphatic heterocycles. The molecule has 20 heavy (non-hydrogen) atoms. The van der Waals surface area contributed by atoms with Crippen LogP contribution in [0, 0.1) is 0 Å². The van der Waals surface area contributed by atoms with E-state index in [0.29, 0.717) is 25.9 Å². The molecule has 0 atom stereocenters. The largest absolute Gasteiger partial charge is 0.469 e. The minimum atomic E-state index is -0.215. The molecule has 0 fully saturated rings. The Hall–Kier alpha value is -1.47. The molecule has 0 aliphatic rings. The molecule has 0 bridgehead atoms. The summed E-state index contributed by atoms with van der Waals surface area (Å²) in [5.74, 6) is -0.169. The van der Waals surface area contributed by atoms with Gasteiger partial charge >= 0.3 is 5.97 Å². The average molecular weight is 299 g/mol. The third-order valence-corrected chi connectivity index (χ3v) is 3.66. The molecule has 0 saturated heterocycles. The van der Waals surface area contributed by atoms with Gasteiger partial charge in [-0.15, -0.1) is 11.3 Å². The highest BCUT2D eigenvalue weighted by Gasteiger charge is 2.11. The number of carbonyl (C=O) groups is 2. The fourth-order valence-electron chi connectivity index (χ4n) is 1.53. The van der Waals surface area contributed by atoms with Gasteiger partial charge in [0, 0.05) is 32.6 Å². The van der Waals surface area contributed by atoms with Gasteiger partial charge in [-0.25, -0.2) is 4.98 Å². The number of rotatable bonds is 7. The molecule has 112 valence electrons. The fraction of sp³-hybridized carbons (Fsp3) is 0.615. The summed E-state index contributed by atoms with van der Waals surface area (Å²) in [6, 6.07) is 0. The van der Waals surface area contributed by atoms with Gasteiger partial charge in [0.1, 0.15) is 5.01 Å². The van der Waals surface area contributed by atoms with Crippen LogP contribution in [0.3, 0.4) is 0 Å². The Morgan fingerprint density at radius 2 is 2.05 bits per heavy atom. The van der Waals surface area contributed by atoms with Crippen molar-refractivity contribution in [1.82, 2.24) is 14.8 Å². The standard InChI is InChI=1S/C13H21N3O3S/c1-15(2)12(17)7-11-14-10(9-20-11)8-16(3)6-5-13(18)19-4/h9H,5-8H2,1-4H3. The number of hydrogen-bond donors (Lipinski definition) is 0. The maximum atomic E-state index is 11.6. The van der Waals surface area contributed by atoms with Gasteiger partial charge in [0.15, 0.2) is 0 Å². The molecule has 7 heteroatoms. The number of ether oxygens (including phenoxy) is 1. The van der Waals surface area contributed by atoms with E-state index in [9.17, 15) is 9.59 Å². The molecule has 0 N–H and O–H groups in total. The van der Waals surface area contributed by atoms with Crippen molar-refractivity contribution >= 4 is 23.2 Å². The van der Waals surface area contributed by atoms with Crippen LogP contribution in [-0.2, 0) is 27.3 Å². The first-order valence-corrected chi connectivity index (χ1v) is 7.19. The second-order valence-corrected chi connectivity index (χ2v) is 5.70. The Morgan fingerprint density at radius 1 is 1.35 bits per heavy atom. The van der Waals surface area contributed by atoms with Crippen LogP contribution >= 0.6 is 11.3 Å². The van der Waals surface area contributed by atoms with Gasteiger partial charge in [-0.05, 0) is 7.05 Å². The number of methoxy groups -OCH3 is 1. The van der Waals surface area contributed by atoms with Gasteiger partial charge in [-0.1, -0.05) is 0 Å². The van der Waals surface area contributed by atoms with Crippen molar-refractivity contribution in [3.63, 3.8) is 0 Å². The second kappa shape index (κ2) is 7.96. The number of aromatic nitrogens is 1. The van der Waals surface area contributed by atoms with Crippen LogP contribution in [0.2, 0.25) is 0 Å². The van der Waals surface area contributed by atoms with E-state index >= 15 is 0 Å². The highest BCUT2D eigenvalue weighted by Crippen LogP contribution is 2.12. The maximum absolute atomic E-state index is 11.6. The molecular formula is C13H21N3O3S. The van der Waals surface area contributed by atoms with E-state index in [-0.39, 0.29) is 11.9 Å². The molecule has 0 saturated carbocycles. The van der Waals surface area contributed by atoms with Gasteiger partial charge in [0.05, 0.1) is 25.6 Å². The first-order chi connectivity index (χ1) is 9.42. The highest BCUT2D eigenvalue weighted by atomic mass is 32.1. The lowest BCUT2D eigenvalue weighted by Gasteiger charge is -2.14. The second-order valence-electron chi connectivity index (χ2n) is 4.76. The monoisotopic (exact) mass is 299 g/mol. The Kier molecular flexibility index (Phi) is 6.60. The van der Waals surface area contributed by atoms with Crippen LogP contribution in [0.4, 0.5) is 0 Å². The topological polar surface area (TPSA) is 62.7 Å². The van der Waals surface area contributed by atoms with Gasteiger partial charge in [0.2, 0.25) is 5.91 Å². The minimum Gasteiger partial charge on any atom is -0.469 e. The summed E-state index contributed by atoms with van der Waals surface area (Å²) in [5.41, 5.74) is 0.920. The summed E-state index contributed by atoms with van der Waals surface area (Å²) in [7, 11) is 6.78. The van der Waals surface area contributed by atoms with Crippen LogP contribution in [0.25, 0.3) is 0 Å². The van der Waals surface area contributed by atoms with E-state index in [1.54, 1.807) is 19.0 Å². The lowest BCUT2D eigenvalue weighted by atomic mass is 10.3. The summed E-state index contributed by atoms with van der Waals surface area (Å²) >= 11 is 1.49. The van der Waals surface area contributed by atoms with Crippen molar-refractivity contribution in [2.75, 3.05) is 34.8 Å². The summed E-state index contributed by atoms with van der Waals surface area (Å²) in [6.45, 7) is 1.28. The van der Waals surface area contributed by atoms with Crippen LogP contribution in [0.5, 0.6) is 0 Å². The van der Waals surface area contributed by atoms with Crippen molar-refractivity contribution in [2.24, 2.45) is 0 Å². The van der Waals surface area contributed by atoms with Crippen molar-refractivity contribution < 1.29 is 14.3 Å². The van der Waals surface area contributed by atoms with Crippen molar-refractivity contribution in [3.8, 4) is 0 Å². The predicted molar refractivity (Wildman–Crippen MR) is 77.5 cm³/mol. The van der Waals surface area contributed by atoms with E-state index < -0.39 is 0 Å². The number of esters is 1. The van der Waals surface area contributed by atoms with Crippen molar-refractivity contribution in [3.05, 3.63) is 16.1 Å². The molecule has 1 aromatic heterocycles. The van der Waals surface area contributed by atoms with Gasteiger partial charge in [0.25, 0.3) is 0 Å². The lowest BCUT2D eigenvalue weighted by Crippen LogP contribution is -2.23.